The van der Waals surface area contributed by atoms with Crippen molar-refractivity contribution in [3.05, 3.63) is 0 Å². The number of carbonyl (C=O) groups excluding carboxylic acids is 2. The van der Waals surface area contributed by atoms with Crippen molar-refractivity contribution >= 4 is 30.5 Å². The van der Waals surface area contributed by atoms with Crippen molar-refractivity contribution in [3.63, 3.8) is 0 Å². The van der Waals surface area contributed by atoms with Crippen molar-refractivity contribution in [2.24, 2.45) is 10.8 Å². The molecule has 0 radical (unpaired) electrons. The third kappa shape index (κ3) is 2.14. The van der Waals surface area contributed by atoms with Gasteiger partial charge in [0.15, 0.2) is 5.29 Å². The van der Waals surface area contributed by atoms with Crippen LogP contribution in [0.25, 0.3) is 0 Å². The Kier molecular flexibility index (Phi) is 4.50. The lowest BCUT2D eigenvalue weighted by atomic mass is 10.3. The molecule has 0 unspecified atom stereocenters. The highest BCUT2D eigenvalue weighted by Gasteiger charge is 2.44. The molecule has 1 aliphatic heterocycles. The fourth-order valence-electron chi connectivity index (χ4n) is 1.60. The lowest BCUT2D eigenvalue weighted by molar-refractivity contribution is -0.134. The molecular formula is C9H16N3O5P. The summed E-state index contributed by atoms with van der Waals surface area (Å²) >= 11 is 0. The number of hydrogen-bond acceptors (Lipinski definition) is 6. The molecule has 0 atom stereocenters. The highest BCUT2D eigenvalue weighted by molar-refractivity contribution is 7.70. The zero-order valence-electron chi connectivity index (χ0n) is 10.7. The molecule has 9 heteroatoms. The number of nitrogens with zero attached hydrogens (tertiary/aromatic N) is 2. The summed E-state index contributed by atoms with van der Waals surface area (Å²) in [6.45, 7) is 3.42. The van der Waals surface area contributed by atoms with Gasteiger partial charge >= 0.3 is 12.0 Å². The van der Waals surface area contributed by atoms with Crippen LogP contribution in [0, 0.1) is 0 Å². The molecule has 0 fully saturated rings. The number of nitrogens with two attached hydrogens (primary N) is 1. The average Bonchev–Trinajstić information content (AvgIpc) is 2.63. The van der Waals surface area contributed by atoms with Gasteiger partial charge in [0.25, 0.3) is 7.49 Å². The van der Waals surface area contributed by atoms with Crippen molar-refractivity contribution in [2.45, 2.75) is 13.8 Å². The van der Waals surface area contributed by atoms with Crippen molar-refractivity contribution in [3.8, 4) is 0 Å². The number of primary amides is 1. The van der Waals surface area contributed by atoms with E-state index in [0.29, 0.717) is 5.71 Å². The molecule has 2 N–H and O–H groups in total. The first kappa shape index (κ1) is 14.7. The third-order valence-electron chi connectivity index (χ3n) is 2.28. The predicted molar refractivity (Wildman–Crippen MR) is 67.1 cm³/mol. The molecule has 0 aromatic carbocycles. The van der Waals surface area contributed by atoms with Gasteiger partial charge in [-0.2, -0.15) is 5.10 Å². The van der Waals surface area contributed by atoms with Gasteiger partial charge in [0.2, 0.25) is 0 Å². The van der Waals surface area contributed by atoms with Gasteiger partial charge < -0.3 is 19.5 Å². The van der Waals surface area contributed by atoms with Crippen LogP contribution in [-0.4, -0.2) is 48.6 Å². The van der Waals surface area contributed by atoms with Crippen molar-refractivity contribution in [1.29, 1.82) is 0 Å². The number of hydrogen-bond donors (Lipinski definition) is 1. The average molecular weight is 277 g/mol. The minimum atomic E-state index is -3.13. The van der Waals surface area contributed by atoms with Crippen LogP contribution in [0.2, 0.25) is 0 Å². The van der Waals surface area contributed by atoms with E-state index in [2.05, 4.69) is 5.10 Å². The fraction of sp³-hybridized carbons (Fsp3) is 0.556. The Morgan fingerprint density at radius 3 is 2.33 bits per heavy atom. The van der Waals surface area contributed by atoms with E-state index in [4.69, 9.17) is 19.5 Å². The van der Waals surface area contributed by atoms with Crippen LogP contribution in [0.5, 0.6) is 0 Å². The molecule has 0 saturated heterocycles. The van der Waals surface area contributed by atoms with E-state index in [1.807, 2.05) is 0 Å². The van der Waals surface area contributed by atoms with E-state index in [1.165, 1.54) is 14.2 Å². The number of esters is 1. The van der Waals surface area contributed by atoms with Crippen LogP contribution in [0.4, 0.5) is 4.79 Å². The monoisotopic (exact) mass is 277 g/mol. The molecule has 0 aromatic heterocycles. The van der Waals surface area contributed by atoms with Gasteiger partial charge in [0, 0.05) is 14.2 Å². The molecular weight excluding hydrogens is 261 g/mol. The maximum Gasteiger partial charge on any atom is 0.346 e. The lowest BCUT2D eigenvalue weighted by Gasteiger charge is -2.26. The Hall–Kier alpha value is -1.37. The normalized spacial score (nSPS) is 17.7. The summed E-state index contributed by atoms with van der Waals surface area (Å²) in [5.41, 5.74) is 5.50. The zero-order chi connectivity index (χ0) is 13.9. The molecule has 8 nitrogen and oxygen atoms in total. The zero-order valence-corrected chi connectivity index (χ0v) is 11.6. The van der Waals surface area contributed by atoms with Gasteiger partial charge in [0.05, 0.1) is 12.3 Å². The maximum absolute atomic E-state index is 11.9. The Bertz CT molecular complexity index is 451. The summed E-state index contributed by atoms with van der Waals surface area (Å²) in [6.07, 6.45) is 0. The number of amides is 2. The summed E-state index contributed by atoms with van der Waals surface area (Å²) in [4.78, 5) is 23.3. The second-order valence-corrected chi connectivity index (χ2v) is 5.86. The van der Waals surface area contributed by atoms with Crippen LogP contribution in [0.3, 0.4) is 0 Å². The summed E-state index contributed by atoms with van der Waals surface area (Å²) < 4.78 is 16.3. The number of rotatable bonds is 4. The maximum atomic E-state index is 11.9. The van der Waals surface area contributed by atoms with Gasteiger partial charge in [0.1, 0.15) is 0 Å². The van der Waals surface area contributed by atoms with Gasteiger partial charge in [-0.15, -0.1) is 4.78 Å². The standard InChI is InChI=1S/C9H16N3O5P/c1-5-17-8(13)7-6(2)11-12(9(10)14)18(7,15-3)16-4/h5H2,1-4H3,(H2,10,14). The summed E-state index contributed by atoms with van der Waals surface area (Å²) in [5.74, 6) is -0.625. The number of hydrazone groups is 1. The minimum absolute atomic E-state index is 0.105. The summed E-state index contributed by atoms with van der Waals surface area (Å²) in [5, 5.41) is 4.01. The van der Waals surface area contributed by atoms with E-state index < -0.39 is 19.5 Å². The smallest absolute Gasteiger partial charge is 0.346 e. The van der Waals surface area contributed by atoms with Gasteiger partial charge in [-0.25, -0.2) is 9.59 Å². The van der Waals surface area contributed by atoms with Crippen LogP contribution in [0.1, 0.15) is 13.8 Å². The first-order valence-corrected chi connectivity index (χ1v) is 6.73. The van der Waals surface area contributed by atoms with E-state index >= 15 is 0 Å². The quantitative estimate of drug-likeness (QED) is 0.597. The minimum Gasteiger partial charge on any atom is -0.462 e. The first-order valence-electron chi connectivity index (χ1n) is 5.15. The SMILES string of the molecule is CCOC(=O)C1=P(OC)(OC)N(C(N)=O)N=C1C. The third-order valence-corrected chi connectivity index (χ3v) is 5.13. The number of urea groups is 1. The highest BCUT2D eigenvalue weighted by Crippen LogP contribution is 2.57. The Balaban J connectivity index is 3.44. The Labute approximate surface area is 105 Å². The molecule has 0 spiro atoms. The van der Waals surface area contributed by atoms with E-state index in [-0.39, 0.29) is 11.9 Å². The van der Waals surface area contributed by atoms with Crippen molar-refractivity contribution in [1.82, 2.24) is 4.78 Å². The second kappa shape index (κ2) is 5.51. The molecule has 0 aromatic rings. The summed E-state index contributed by atoms with van der Waals surface area (Å²) in [6, 6.07) is -0.856. The molecule has 0 aliphatic carbocycles. The van der Waals surface area contributed by atoms with Crippen LogP contribution in [0.15, 0.2) is 5.10 Å². The van der Waals surface area contributed by atoms with Gasteiger partial charge in [-0.1, -0.05) is 0 Å². The molecule has 18 heavy (non-hydrogen) atoms. The number of ether oxygens (including phenoxy) is 1. The number of carbonyl (C=O) groups is 2. The van der Waals surface area contributed by atoms with E-state index in [9.17, 15) is 9.59 Å². The van der Waals surface area contributed by atoms with Crippen LogP contribution < -0.4 is 5.73 Å². The van der Waals surface area contributed by atoms with Crippen LogP contribution in [-0.2, 0) is 18.6 Å². The molecule has 102 valence electrons. The second-order valence-electron chi connectivity index (χ2n) is 3.27. The highest BCUT2D eigenvalue weighted by atomic mass is 31.2. The van der Waals surface area contributed by atoms with Crippen LogP contribution >= 0.6 is 7.49 Å². The molecule has 2 amide bonds. The molecule has 0 bridgehead atoms. The predicted octanol–water partition coefficient (Wildman–Crippen LogP) is 0.547. The lowest BCUT2D eigenvalue weighted by Crippen LogP contribution is -2.30. The van der Waals surface area contributed by atoms with Crippen molar-refractivity contribution in [2.75, 3.05) is 20.8 Å². The fourth-order valence-corrected chi connectivity index (χ4v) is 3.87. The van der Waals surface area contributed by atoms with E-state index in [0.717, 1.165) is 4.78 Å². The van der Waals surface area contributed by atoms with Gasteiger partial charge in [-0.05, 0) is 13.8 Å². The summed E-state index contributed by atoms with van der Waals surface area (Å²) in [7, 11) is -0.490. The molecule has 1 aliphatic rings. The topological polar surface area (TPSA) is 103 Å². The van der Waals surface area contributed by atoms with E-state index in [1.54, 1.807) is 13.8 Å². The largest absolute Gasteiger partial charge is 0.462 e. The first-order chi connectivity index (χ1) is 8.44. The Morgan fingerprint density at radius 2 is 1.94 bits per heavy atom. The molecule has 1 heterocycles. The van der Waals surface area contributed by atoms with Gasteiger partial charge in [-0.3, -0.25) is 0 Å². The Morgan fingerprint density at radius 1 is 1.39 bits per heavy atom. The molecule has 0 saturated carbocycles. The molecule has 1 rings (SSSR count). The van der Waals surface area contributed by atoms with Crippen molar-refractivity contribution < 1.29 is 23.4 Å².